The highest BCUT2D eigenvalue weighted by Crippen LogP contribution is 2.16. The summed E-state index contributed by atoms with van der Waals surface area (Å²) in [6.45, 7) is 4.48. The van der Waals surface area contributed by atoms with Crippen molar-refractivity contribution in [2.24, 2.45) is 5.73 Å². The molecule has 0 radical (unpaired) electrons. The van der Waals surface area contributed by atoms with Crippen LogP contribution in [0.15, 0.2) is 48.5 Å². The van der Waals surface area contributed by atoms with Crippen LogP contribution in [0.1, 0.15) is 22.9 Å². The van der Waals surface area contributed by atoms with Crippen LogP contribution in [-0.2, 0) is 6.54 Å². The maximum atomic E-state index is 5.93. The van der Waals surface area contributed by atoms with Gasteiger partial charge in [0.25, 0.3) is 0 Å². The van der Waals surface area contributed by atoms with Crippen LogP contribution in [0.4, 0.5) is 0 Å². The normalized spacial score (nSPS) is 12.6. The number of aromatic nitrogens is 1. The van der Waals surface area contributed by atoms with Gasteiger partial charge >= 0.3 is 0 Å². The molecule has 1 aromatic carbocycles. The molecule has 3 nitrogen and oxygen atoms in total. The van der Waals surface area contributed by atoms with Gasteiger partial charge in [0.2, 0.25) is 0 Å². The lowest BCUT2D eigenvalue weighted by molar-refractivity contribution is 0.301. The van der Waals surface area contributed by atoms with Crippen molar-refractivity contribution in [3.8, 4) is 0 Å². The molecule has 1 heterocycles. The summed E-state index contributed by atoms with van der Waals surface area (Å²) in [5, 5.41) is 0. The van der Waals surface area contributed by atoms with Crippen molar-refractivity contribution >= 4 is 0 Å². The summed E-state index contributed by atoms with van der Waals surface area (Å²) in [5.41, 5.74) is 9.40. The molecule has 0 aliphatic carbocycles. The zero-order chi connectivity index (χ0) is 14.4. The van der Waals surface area contributed by atoms with E-state index in [4.69, 9.17) is 5.73 Å². The van der Waals surface area contributed by atoms with E-state index in [0.29, 0.717) is 12.5 Å². The molecule has 2 N–H and O–H groups in total. The highest BCUT2D eigenvalue weighted by atomic mass is 15.1. The van der Waals surface area contributed by atoms with E-state index in [2.05, 4.69) is 53.3 Å². The highest BCUT2D eigenvalue weighted by Gasteiger charge is 2.12. The minimum atomic E-state index is 0.367. The molecule has 3 heteroatoms. The molecule has 0 spiro atoms. The fourth-order valence-electron chi connectivity index (χ4n) is 2.45. The summed E-state index contributed by atoms with van der Waals surface area (Å²) in [5.74, 6) is 0.367. The Balaban J connectivity index is 1.97. The Morgan fingerprint density at radius 3 is 2.50 bits per heavy atom. The van der Waals surface area contributed by atoms with Crippen molar-refractivity contribution in [2.45, 2.75) is 19.4 Å². The summed E-state index contributed by atoms with van der Waals surface area (Å²) in [6.07, 6.45) is 0. The van der Waals surface area contributed by atoms with Crippen LogP contribution in [0, 0.1) is 6.92 Å². The molecule has 0 saturated carbocycles. The van der Waals surface area contributed by atoms with E-state index in [0.717, 1.165) is 24.5 Å². The van der Waals surface area contributed by atoms with Crippen LogP contribution >= 0.6 is 0 Å². The first-order chi connectivity index (χ1) is 9.69. The van der Waals surface area contributed by atoms with E-state index in [1.807, 2.05) is 19.1 Å². The van der Waals surface area contributed by atoms with Crippen LogP contribution in [-0.4, -0.2) is 30.0 Å². The molecule has 1 atom stereocenters. The average molecular weight is 269 g/mol. The van der Waals surface area contributed by atoms with E-state index in [9.17, 15) is 0 Å². The van der Waals surface area contributed by atoms with Gasteiger partial charge in [0.1, 0.15) is 0 Å². The molecule has 2 aromatic rings. The Morgan fingerprint density at radius 2 is 1.85 bits per heavy atom. The smallest absolute Gasteiger partial charge is 0.0547 e. The number of nitrogens with two attached hydrogens (primary N) is 1. The third-order valence-electron chi connectivity index (χ3n) is 3.47. The van der Waals surface area contributed by atoms with Crippen LogP contribution in [0.2, 0.25) is 0 Å². The number of likely N-dealkylation sites (N-methyl/N-ethyl adjacent to an activating group) is 1. The maximum absolute atomic E-state index is 5.93. The first-order valence-electron chi connectivity index (χ1n) is 7.05. The lowest BCUT2D eigenvalue weighted by atomic mass is 9.99. The number of nitrogens with zero attached hydrogens (tertiary/aromatic N) is 2. The molecule has 1 aromatic heterocycles. The van der Waals surface area contributed by atoms with E-state index in [1.54, 1.807) is 0 Å². The molecule has 106 valence electrons. The maximum Gasteiger partial charge on any atom is 0.0547 e. The molecule has 0 aliphatic heterocycles. The number of hydrogen-bond acceptors (Lipinski definition) is 3. The Labute approximate surface area is 121 Å². The Kier molecular flexibility index (Phi) is 5.27. The molecule has 0 saturated heterocycles. The van der Waals surface area contributed by atoms with Gasteiger partial charge in [0.05, 0.1) is 5.69 Å². The number of hydrogen-bond donors (Lipinski definition) is 1. The van der Waals surface area contributed by atoms with Gasteiger partial charge < -0.3 is 5.73 Å². The zero-order valence-corrected chi connectivity index (χ0v) is 12.3. The number of pyridine rings is 1. The number of aryl methyl sites for hydroxylation is 1. The van der Waals surface area contributed by atoms with Gasteiger partial charge in [-0.15, -0.1) is 0 Å². The Hall–Kier alpha value is -1.71. The zero-order valence-electron chi connectivity index (χ0n) is 12.3. The number of rotatable bonds is 6. The van der Waals surface area contributed by atoms with Crippen molar-refractivity contribution in [3.63, 3.8) is 0 Å². The van der Waals surface area contributed by atoms with Gasteiger partial charge in [-0.2, -0.15) is 0 Å². The quantitative estimate of drug-likeness (QED) is 0.876. The lowest BCUT2D eigenvalue weighted by Crippen LogP contribution is -2.28. The molecule has 0 bridgehead atoms. The Morgan fingerprint density at radius 1 is 1.10 bits per heavy atom. The van der Waals surface area contributed by atoms with Crippen molar-refractivity contribution in [3.05, 3.63) is 65.5 Å². The van der Waals surface area contributed by atoms with Crippen molar-refractivity contribution in [2.75, 3.05) is 20.1 Å². The summed E-state index contributed by atoms with van der Waals surface area (Å²) >= 11 is 0. The SMILES string of the molecule is Cc1cccc(CN(C)CC(CN)c2ccccc2)n1. The molecule has 1 unspecified atom stereocenters. The molecule has 2 rings (SSSR count). The fourth-order valence-corrected chi connectivity index (χ4v) is 2.45. The van der Waals surface area contributed by atoms with Crippen molar-refractivity contribution in [1.82, 2.24) is 9.88 Å². The van der Waals surface area contributed by atoms with E-state index >= 15 is 0 Å². The second kappa shape index (κ2) is 7.17. The average Bonchev–Trinajstić information content (AvgIpc) is 2.45. The van der Waals surface area contributed by atoms with Crippen LogP contribution in [0.3, 0.4) is 0 Å². The summed E-state index contributed by atoms with van der Waals surface area (Å²) in [4.78, 5) is 6.83. The predicted molar refractivity (Wildman–Crippen MR) is 83.5 cm³/mol. The lowest BCUT2D eigenvalue weighted by Gasteiger charge is -2.23. The van der Waals surface area contributed by atoms with Crippen molar-refractivity contribution < 1.29 is 0 Å². The van der Waals surface area contributed by atoms with E-state index < -0.39 is 0 Å². The molecular formula is C17H23N3. The molecule has 0 aliphatic rings. The fraction of sp³-hybridized carbons (Fsp3) is 0.353. The third-order valence-corrected chi connectivity index (χ3v) is 3.47. The van der Waals surface area contributed by atoms with Gasteiger partial charge in [-0.05, 0) is 31.7 Å². The van der Waals surface area contributed by atoms with E-state index in [1.165, 1.54) is 5.56 Å². The van der Waals surface area contributed by atoms with Gasteiger partial charge in [-0.25, -0.2) is 0 Å². The topological polar surface area (TPSA) is 42.1 Å². The monoisotopic (exact) mass is 269 g/mol. The van der Waals surface area contributed by atoms with Gasteiger partial charge in [-0.3, -0.25) is 9.88 Å². The first kappa shape index (κ1) is 14.7. The predicted octanol–water partition coefficient (Wildman–Crippen LogP) is 2.56. The van der Waals surface area contributed by atoms with E-state index in [-0.39, 0.29) is 0 Å². The second-order valence-corrected chi connectivity index (χ2v) is 5.31. The summed E-state index contributed by atoms with van der Waals surface area (Å²) < 4.78 is 0. The van der Waals surface area contributed by atoms with Crippen molar-refractivity contribution in [1.29, 1.82) is 0 Å². The standard InChI is InChI=1S/C17H23N3/c1-14-7-6-10-17(19-14)13-20(2)12-16(11-18)15-8-4-3-5-9-15/h3-10,16H,11-13,18H2,1-2H3. The largest absolute Gasteiger partial charge is 0.330 e. The molecule has 20 heavy (non-hydrogen) atoms. The second-order valence-electron chi connectivity index (χ2n) is 5.31. The van der Waals surface area contributed by atoms with Crippen LogP contribution in [0.25, 0.3) is 0 Å². The third kappa shape index (κ3) is 4.15. The van der Waals surface area contributed by atoms with Gasteiger partial charge in [-0.1, -0.05) is 36.4 Å². The highest BCUT2D eigenvalue weighted by molar-refractivity contribution is 5.20. The van der Waals surface area contributed by atoms with Gasteiger partial charge in [0, 0.05) is 31.2 Å². The van der Waals surface area contributed by atoms with Crippen LogP contribution in [0.5, 0.6) is 0 Å². The van der Waals surface area contributed by atoms with Crippen LogP contribution < -0.4 is 5.73 Å². The van der Waals surface area contributed by atoms with Gasteiger partial charge in [0.15, 0.2) is 0 Å². The first-order valence-corrected chi connectivity index (χ1v) is 7.05. The minimum absolute atomic E-state index is 0.367. The molecular weight excluding hydrogens is 246 g/mol. The minimum Gasteiger partial charge on any atom is -0.330 e. The molecule has 0 amide bonds. The summed E-state index contributed by atoms with van der Waals surface area (Å²) in [6, 6.07) is 16.6. The molecule has 0 fully saturated rings. The Bertz CT molecular complexity index is 525. The summed E-state index contributed by atoms with van der Waals surface area (Å²) in [7, 11) is 2.12. The number of benzene rings is 1.